The van der Waals surface area contributed by atoms with E-state index in [2.05, 4.69) is 35.1 Å². The van der Waals surface area contributed by atoms with Gasteiger partial charge in [0.25, 0.3) is 0 Å². The molecule has 2 nitrogen and oxygen atoms in total. The summed E-state index contributed by atoms with van der Waals surface area (Å²) in [7, 11) is 0. The Labute approximate surface area is 121 Å². The molecule has 0 saturated heterocycles. The first-order valence-corrected chi connectivity index (χ1v) is 7.05. The summed E-state index contributed by atoms with van der Waals surface area (Å²) in [5.74, 6) is 1.39. The monoisotopic (exact) mass is 325 g/mol. The second-order valence-corrected chi connectivity index (χ2v) is 5.74. The van der Waals surface area contributed by atoms with Crippen molar-refractivity contribution >= 4 is 15.9 Å². The molecular weight excluding hydrogens is 309 g/mol. The Morgan fingerprint density at radius 3 is 2.74 bits per heavy atom. The van der Waals surface area contributed by atoms with Crippen molar-refractivity contribution in [2.45, 2.75) is 33.4 Å². The summed E-state index contributed by atoms with van der Waals surface area (Å²) >= 11 is 3.21. The van der Waals surface area contributed by atoms with Crippen molar-refractivity contribution in [2.75, 3.05) is 0 Å². The van der Waals surface area contributed by atoms with Crippen LogP contribution >= 0.6 is 15.9 Å². The van der Waals surface area contributed by atoms with Crippen LogP contribution in [0.4, 0.5) is 4.39 Å². The molecule has 0 aliphatic heterocycles. The maximum absolute atomic E-state index is 13.4. The highest BCUT2D eigenvalue weighted by Gasteiger charge is 2.11. The highest BCUT2D eigenvalue weighted by atomic mass is 79.9. The number of nitrogens with one attached hydrogen (secondary N) is 1. The quantitative estimate of drug-likeness (QED) is 0.884. The van der Waals surface area contributed by atoms with Gasteiger partial charge in [0.1, 0.15) is 17.3 Å². The molecule has 1 N–H and O–H groups in total. The van der Waals surface area contributed by atoms with Gasteiger partial charge in [-0.05, 0) is 52.7 Å². The van der Waals surface area contributed by atoms with E-state index in [1.165, 1.54) is 6.07 Å². The molecule has 4 heteroatoms. The van der Waals surface area contributed by atoms with Gasteiger partial charge in [-0.2, -0.15) is 0 Å². The van der Waals surface area contributed by atoms with E-state index < -0.39 is 0 Å². The molecule has 0 bridgehead atoms. The molecule has 2 rings (SSSR count). The zero-order valence-electron chi connectivity index (χ0n) is 11.3. The Kier molecular flexibility index (Phi) is 4.42. The summed E-state index contributed by atoms with van der Waals surface area (Å²) in [6, 6.07) is 7.54. The van der Waals surface area contributed by atoms with Gasteiger partial charge in [0.2, 0.25) is 0 Å². The summed E-state index contributed by atoms with van der Waals surface area (Å²) < 4.78 is 19.6. The van der Waals surface area contributed by atoms with Crippen LogP contribution in [0.2, 0.25) is 0 Å². The molecule has 0 unspecified atom stereocenters. The number of halogens is 2. The summed E-state index contributed by atoms with van der Waals surface area (Å²) in [5.41, 5.74) is 1.77. The Morgan fingerprint density at radius 1 is 1.32 bits per heavy atom. The van der Waals surface area contributed by atoms with Gasteiger partial charge >= 0.3 is 0 Å². The predicted octanol–water partition coefficient (Wildman–Crippen LogP) is 4.65. The highest BCUT2D eigenvalue weighted by molar-refractivity contribution is 9.10. The Bertz CT molecular complexity index is 578. The fraction of sp³-hybridized carbons (Fsp3) is 0.333. The molecule has 1 heterocycles. The number of benzene rings is 1. The van der Waals surface area contributed by atoms with Crippen LogP contribution in [-0.2, 0) is 6.54 Å². The van der Waals surface area contributed by atoms with Crippen molar-refractivity contribution in [3.8, 4) is 11.3 Å². The van der Waals surface area contributed by atoms with Gasteiger partial charge < -0.3 is 9.73 Å². The minimum Gasteiger partial charge on any atom is -0.460 e. The van der Waals surface area contributed by atoms with Gasteiger partial charge in [0.15, 0.2) is 0 Å². The SMILES string of the molecule is Cc1cc(F)c(Br)cc1-c1ccc(CNC(C)C)o1. The van der Waals surface area contributed by atoms with Crippen LogP contribution in [0.3, 0.4) is 0 Å². The van der Waals surface area contributed by atoms with Crippen molar-refractivity contribution in [3.63, 3.8) is 0 Å². The Morgan fingerprint density at radius 2 is 2.05 bits per heavy atom. The van der Waals surface area contributed by atoms with E-state index in [9.17, 15) is 4.39 Å². The number of hydrogen-bond acceptors (Lipinski definition) is 2. The van der Waals surface area contributed by atoms with Crippen LogP contribution in [0.15, 0.2) is 33.2 Å². The van der Waals surface area contributed by atoms with Gasteiger partial charge in [-0.3, -0.25) is 0 Å². The summed E-state index contributed by atoms with van der Waals surface area (Å²) in [5, 5.41) is 3.30. The summed E-state index contributed by atoms with van der Waals surface area (Å²) in [4.78, 5) is 0. The van der Waals surface area contributed by atoms with E-state index in [4.69, 9.17) is 4.42 Å². The van der Waals surface area contributed by atoms with Crippen molar-refractivity contribution in [3.05, 3.63) is 45.9 Å². The normalized spacial score (nSPS) is 11.3. The van der Waals surface area contributed by atoms with Crippen LogP contribution < -0.4 is 5.32 Å². The van der Waals surface area contributed by atoms with Crippen LogP contribution in [0.1, 0.15) is 25.2 Å². The van der Waals surface area contributed by atoms with E-state index in [1.54, 1.807) is 6.07 Å². The van der Waals surface area contributed by atoms with E-state index in [-0.39, 0.29) is 5.82 Å². The number of rotatable bonds is 4. The molecule has 102 valence electrons. The smallest absolute Gasteiger partial charge is 0.137 e. The highest BCUT2D eigenvalue weighted by Crippen LogP contribution is 2.30. The van der Waals surface area contributed by atoms with Crippen LogP contribution in [-0.4, -0.2) is 6.04 Å². The van der Waals surface area contributed by atoms with Crippen molar-refractivity contribution in [1.82, 2.24) is 5.32 Å². The maximum Gasteiger partial charge on any atom is 0.137 e. The topological polar surface area (TPSA) is 25.2 Å². The molecule has 1 aromatic heterocycles. The summed E-state index contributed by atoms with van der Waals surface area (Å²) in [6.45, 7) is 6.74. The second kappa shape index (κ2) is 5.88. The molecular formula is C15H17BrFNO. The fourth-order valence-corrected chi connectivity index (χ4v) is 2.18. The van der Waals surface area contributed by atoms with Gasteiger partial charge in [-0.1, -0.05) is 13.8 Å². The molecule has 1 aromatic carbocycles. The standard InChI is InChI=1S/C15H17BrFNO/c1-9(2)18-8-11-4-5-15(19-11)12-7-13(16)14(17)6-10(12)3/h4-7,9,18H,8H2,1-3H3. The first-order chi connectivity index (χ1) is 8.97. The lowest BCUT2D eigenvalue weighted by atomic mass is 10.1. The molecule has 0 fully saturated rings. The third-order valence-corrected chi connectivity index (χ3v) is 3.49. The summed E-state index contributed by atoms with van der Waals surface area (Å²) in [6.07, 6.45) is 0. The Balaban J connectivity index is 2.25. The molecule has 0 saturated carbocycles. The van der Waals surface area contributed by atoms with Crippen molar-refractivity contribution in [1.29, 1.82) is 0 Å². The van der Waals surface area contributed by atoms with Gasteiger partial charge in [0, 0.05) is 11.6 Å². The van der Waals surface area contributed by atoms with Gasteiger partial charge in [-0.15, -0.1) is 0 Å². The molecule has 0 radical (unpaired) electrons. The zero-order valence-corrected chi connectivity index (χ0v) is 12.8. The minimum atomic E-state index is -0.255. The average Bonchev–Trinajstić information content (AvgIpc) is 2.80. The second-order valence-electron chi connectivity index (χ2n) is 4.88. The number of furan rings is 1. The molecule has 2 aromatic rings. The lowest BCUT2D eigenvalue weighted by Gasteiger charge is -2.06. The predicted molar refractivity (Wildman–Crippen MR) is 78.5 cm³/mol. The molecule has 19 heavy (non-hydrogen) atoms. The van der Waals surface area contributed by atoms with Crippen LogP contribution in [0.25, 0.3) is 11.3 Å². The number of aryl methyl sites for hydroxylation is 1. The molecule has 0 aliphatic rings. The maximum atomic E-state index is 13.4. The van der Waals surface area contributed by atoms with Crippen LogP contribution in [0, 0.1) is 12.7 Å². The van der Waals surface area contributed by atoms with E-state index >= 15 is 0 Å². The fourth-order valence-electron chi connectivity index (χ4n) is 1.83. The molecule has 0 aliphatic carbocycles. The zero-order chi connectivity index (χ0) is 14.0. The third kappa shape index (κ3) is 3.45. The number of hydrogen-bond donors (Lipinski definition) is 1. The largest absolute Gasteiger partial charge is 0.460 e. The third-order valence-electron chi connectivity index (χ3n) is 2.88. The van der Waals surface area contributed by atoms with Gasteiger partial charge in [-0.25, -0.2) is 4.39 Å². The van der Waals surface area contributed by atoms with Gasteiger partial charge in [0.05, 0.1) is 11.0 Å². The van der Waals surface area contributed by atoms with Crippen LogP contribution in [0.5, 0.6) is 0 Å². The molecule has 0 amide bonds. The van der Waals surface area contributed by atoms with E-state index in [0.717, 1.165) is 22.6 Å². The molecule has 0 spiro atoms. The Hall–Kier alpha value is -1.13. The minimum absolute atomic E-state index is 0.255. The van der Waals surface area contributed by atoms with Crippen molar-refractivity contribution in [2.24, 2.45) is 0 Å². The molecule has 0 atom stereocenters. The lowest BCUT2D eigenvalue weighted by Crippen LogP contribution is -2.21. The first-order valence-electron chi connectivity index (χ1n) is 6.25. The van der Waals surface area contributed by atoms with E-state index in [1.807, 2.05) is 19.1 Å². The first kappa shape index (κ1) is 14.3. The van der Waals surface area contributed by atoms with Crippen molar-refractivity contribution < 1.29 is 8.81 Å². The average molecular weight is 326 g/mol. The van der Waals surface area contributed by atoms with E-state index in [0.29, 0.717) is 17.1 Å². The lowest BCUT2D eigenvalue weighted by molar-refractivity contribution is 0.473.